The first kappa shape index (κ1) is 16.2. The molecular formula is C19H27N3O. The Morgan fingerprint density at radius 3 is 2.61 bits per heavy atom. The maximum atomic E-state index is 5.69. The molecular weight excluding hydrogens is 286 g/mol. The van der Waals surface area contributed by atoms with Gasteiger partial charge in [-0.05, 0) is 39.8 Å². The first-order valence-electron chi connectivity index (χ1n) is 8.43. The molecule has 124 valence electrons. The zero-order valence-corrected chi connectivity index (χ0v) is 14.7. The van der Waals surface area contributed by atoms with E-state index in [4.69, 9.17) is 9.84 Å². The highest BCUT2D eigenvalue weighted by Gasteiger charge is 2.27. The molecule has 0 bridgehead atoms. The normalized spacial score (nSPS) is 19.2. The Morgan fingerprint density at radius 1 is 1.17 bits per heavy atom. The number of benzene rings is 1. The largest absolute Gasteiger partial charge is 0.378 e. The van der Waals surface area contributed by atoms with Gasteiger partial charge < -0.3 is 4.74 Å². The Hall–Kier alpha value is -1.65. The third-order valence-electron chi connectivity index (χ3n) is 4.90. The van der Waals surface area contributed by atoms with Crippen molar-refractivity contribution in [3.8, 4) is 0 Å². The van der Waals surface area contributed by atoms with Crippen LogP contribution in [-0.2, 0) is 17.7 Å². The third kappa shape index (κ3) is 3.48. The topological polar surface area (TPSA) is 30.3 Å². The van der Waals surface area contributed by atoms with Gasteiger partial charge in [-0.1, -0.05) is 29.8 Å². The van der Waals surface area contributed by atoms with Crippen molar-refractivity contribution >= 4 is 0 Å². The molecule has 1 saturated heterocycles. The van der Waals surface area contributed by atoms with E-state index in [9.17, 15) is 0 Å². The van der Waals surface area contributed by atoms with Gasteiger partial charge in [0.25, 0.3) is 0 Å². The average Bonchev–Trinajstić information content (AvgIpc) is 2.82. The van der Waals surface area contributed by atoms with Crippen molar-refractivity contribution in [1.29, 1.82) is 0 Å². The summed E-state index contributed by atoms with van der Waals surface area (Å²) < 4.78 is 7.85. The number of nitrogens with zero attached hydrogens (tertiary/aromatic N) is 3. The number of aromatic nitrogens is 2. The molecule has 0 N–H and O–H groups in total. The van der Waals surface area contributed by atoms with Gasteiger partial charge >= 0.3 is 0 Å². The molecule has 0 spiro atoms. The predicted molar refractivity (Wildman–Crippen MR) is 92.8 cm³/mol. The van der Waals surface area contributed by atoms with Crippen LogP contribution in [0, 0.1) is 20.8 Å². The van der Waals surface area contributed by atoms with E-state index in [0.29, 0.717) is 6.04 Å². The standard InChI is InChI=1S/C19H27N3O/c1-14-5-7-17(8-6-14)9-10-22-16(3)19(15(2)20-22)18-13-23-12-11-21(18)4/h5-8,18H,9-13H2,1-4H3. The summed E-state index contributed by atoms with van der Waals surface area (Å²) in [5, 5.41) is 4.79. The Bertz CT molecular complexity index is 660. The Kier molecular flexibility index (Phi) is 4.83. The number of hydrogen-bond donors (Lipinski definition) is 0. The molecule has 3 rings (SSSR count). The maximum Gasteiger partial charge on any atom is 0.0665 e. The van der Waals surface area contributed by atoms with Crippen molar-refractivity contribution in [2.45, 2.75) is 39.8 Å². The molecule has 0 saturated carbocycles. The minimum Gasteiger partial charge on any atom is -0.378 e. The Labute approximate surface area is 139 Å². The minimum absolute atomic E-state index is 0.330. The lowest BCUT2D eigenvalue weighted by molar-refractivity contribution is 0.00456. The molecule has 0 amide bonds. The molecule has 1 aromatic carbocycles. The van der Waals surface area contributed by atoms with Crippen LogP contribution in [0.5, 0.6) is 0 Å². The van der Waals surface area contributed by atoms with E-state index in [1.54, 1.807) is 0 Å². The highest BCUT2D eigenvalue weighted by molar-refractivity contribution is 5.29. The van der Waals surface area contributed by atoms with E-state index in [-0.39, 0.29) is 0 Å². The van der Waals surface area contributed by atoms with Gasteiger partial charge in [-0.25, -0.2) is 0 Å². The van der Waals surface area contributed by atoms with E-state index in [1.165, 1.54) is 22.4 Å². The van der Waals surface area contributed by atoms with Crippen molar-refractivity contribution in [2.24, 2.45) is 0 Å². The predicted octanol–water partition coefficient (Wildman–Crippen LogP) is 3.05. The average molecular weight is 313 g/mol. The van der Waals surface area contributed by atoms with Crippen LogP contribution < -0.4 is 0 Å². The lowest BCUT2D eigenvalue weighted by atomic mass is 10.0. The van der Waals surface area contributed by atoms with E-state index in [2.05, 4.69) is 61.7 Å². The van der Waals surface area contributed by atoms with Crippen molar-refractivity contribution in [3.05, 3.63) is 52.3 Å². The highest BCUT2D eigenvalue weighted by Crippen LogP contribution is 2.28. The summed E-state index contributed by atoms with van der Waals surface area (Å²) in [5.41, 5.74) is 6.42. The van der Waals surface area contributed by atoms with Crippen molar-refractivity contribution in [2.75, 3.05) is 26.8 Å². The number of rotatable bonds is 4. The van der Waals surface area contributed by atoms with Crippen molar-refractivity contribution in [1.82, 2.24) is 14.7 Å². The molecule has 2 aromatic rings. The number of ether oxygens (including phenoxy) is 1. The second-order valence-corrected chi connectivity index (χ2v) is 6.61. The van der Waals surface area contributed by atoms with Crippen LogP contribution in [0.1, 0.15) is 34.1 Å². The molecule has 1 aliphatic rings. The number of likely N-dealkylation sites (N-methyl/N-ethyl adjacent to an activating group) is 1. The summed E-state index contributed by atoms with van der Waals surface area (Å²) in [4.78, 5) is 2.38. The zero-order valence-electron chi connectivity index (χ0n) is 14.7. The van der Waals surface area contributed by atoms with Gasteiger partial charge in [0.1, 0.15) is 0 Å². The minimum atomic E-state index is 0.330. The lowest BCUT2D eigenvalue weighted by Crippen LogP contribution is -2.37. The van der Waals surface area contributed by atoms with Crippen molar-refractivity contribution < 1.29 is 4.74 Å². The van der Waals surface area contributed by atoms with Gasteiger partial charge in [0.15, 0.2) is 0 Å². The van der Waals surface area contributed by atoms with Crippen LogP contribution in [0.4, 0.5) is 0 Å². The fourth-order valence-corrected chi connectivity index (χ4v) is 3.39. The van der Waals surface area contributed by atoms with E-state index in [0.717, 1.165) is 38.4 Å². The second kappa shape index (κ2) is 6.85. The summed E-state index contributed by atoms with van der Waals surface area (Å²) in [6, 6.07) is 9.11. The quantitative estimate of drug-likeness (QED) is 0.869. The van der Waals surface area contributed by atoms with Gasteiger partial charge in [0, 0.05) is 24.3 Å². The molecule has 0 aliphatic carbocycles. The van der Waals surface area contributed by atoms with E-state index in [1.807, 2.05) is 0 Å². The van der Waals surface area contributed by atoms with Gasteiger partial charge in [-0.3, -0.25) is 9.58 Å². The van der Waals surface area contributed by atoms with Gasteiger partial charge in [-0.15, -0.1) is 0 Å². The van der Waals surface area contributed by atoms with Crippen LogP contribution in [0.25, 0.3) is 0 Å². The van der Waals surface area contributed by atoms with E-state index < -0.39 is 0 Å². The van der Waals surface area contributed by atoms with Crippen LogP contribution >= 0.6 is 0 Å². The summed E-state index contributed by atoms with van der Waals surface area (Å²) in [5.74, 6) is 0. The Morgan fingerprint density at radius 2 is 1.91 bits per heavy atom. The molecule has 23 heavy (non-hydrogen) atoms. The molecule has 1 atom stereocenters. The van der Waals surface area contributed by atoms with Gasteiger partial charge in [-0.2, -0.15) is 5.10 Å². The fourth-order valence-electron chi connectivity index (χ4n) is 3.39. The van der Waals surface area contributed by atoms with Crippen LogP contribution in [0.3, 0.4) is 0 Å². The highest BCUT2D eigenvalue weighted by atomic mass is 16.5. The molecule has 1 aliphatic heterocycles. The van der Waals surface area contributed by atoms with Gasteiger partial charge in [0.2, 0.25) is 0 Å². The smallest absolute Gasteiger partial charge is 0.0665 e. The lowest BCUT2D eigenvalue weighted by Gasteiger charge is -2.32. The first-order chi connectivity index (χ1) is 11.1. The summed E-state index contributed by atoms with van der Waals surface area (Å²) >= 11 is 0. The van der Waals surface area contributed by atoms with Crippen molar-refractivity contribution in [3.63, 3.8) is 0 Å². The van der Waals surface area contributed by atoms with Gasteiger partial charge in [0.05, 0.1) is 24.9 Å². The summed E-state index contributed by atoms with van der Waals surface area (Å²) in [6.07, 6.45) is 1.01. The molecule has 1 fully saturated rings. The number of aryl methyl sites for hydroxylation is 4. The van der Waals surface area contributed by atoms with E-state index >= 15 is 0 Å². The van der Waals surface area contributed by atoms with Crippen LogP contribution in [0.2, 0.25) is 0 Å². The maximum absolute atomic E-state index is 5.69. The zero-order chi connectivity index (χ0) is 16.4. The monoisotopic (exact) mass is 313 g/mol. The summed E-state index contributed by atoms with van der Waals surface area (Å²) in [7, 11) is 2.18. The molecule has 4 heteroatoms. The fraction of sp³-hybridized carbons (Fsp3) is 0.526. The van der Waals surface area contributed by atoms with Crippen LogP contribution in [0.15, 0.2) is 24.3 Å². The summed E-state index contributed by atoms with van der Waals surface area (Å²) in [6.45, 7) is 9.93. The third-order valence-corrected chi connectivity index (χ3v) is 4.90. The number of hydrogen-bond acceptors (Lipinski definition) is 3. The Balaban J connectivity index is 1.76. The first-order valence-corrected chi connectivity index (χ1v) is 8.43. The number of morpholine rings is 1. The molecule has 0 radical (unpaired) electrons. The molecule has 1 unspecified atom stereocenters. The molecule has 1 aromatic heterocycles. The molecule has 2 heterocycles. The molecule has 4 nitrogen and oxygen atoms in total. The second-order valence-electron chi connectivity index (χ2n) is 6.61. The SMILES string of the molecule is Cc1ccc(CCn2nc(C)c(C3COCCN3C)c2C)cc1. The van der Waals surface area contributed by atoms with Crippen LogP contribution in [-0.4, -0.2) is 41.5 Å².